The quantitative estimate of drug-likeness (QED) is 0.472. The maximum Gasteiger partial charge on any atom is 0.156 e. The largest absolute Gasteiger partial charge is 0.454 e. The first-order chi connectivity index (χ1) is 10.3. The zero-order valence-electron chi connectivity index (χ0n) is 12.1. The Labute approximate surface area is 123 Å². The van der Waals surface area contributed by atoms with Gasteiger partial charge in [0.05, 0.1) is 11.4 Å². The molecule has 0 fully saturated rings. The van der Waals surface area contributed by atoms with Crippen LogP contribution in [-0.2, 0) is 0 Å². The van der Waals surface area contributed by atoms with Crippen molar-refractivity contribution in [2.24, 2.45) is 0 Å². The lowest BCUT2D eigenvalue weighted by molar-refractivity contribution is 0.662. The normalized spacial score (nSPS) is 11.3. The van der Waals surface area contributed by atoms with E-state index in [1.807, 2.05) is 37.3 Å². The number of aryl methyl sites for hydroxylation is 2. The molecule has 0 aliphatic heterocycles. The van der Waals surface area contributed by atoms with Crippen LogP contribution < -0.4 is 0 Å². The van der Waals surface area contributed by atoms with Crippen molar-refractivity contribution in [2.45, 2.75) is 13.8 Å². The molecule has 0 aliphatic carbocycles. The highest BCUT2D eigenvalue weighted by Crippen LogP contribution is 2.36. The van der Waals surface area contributed by atoms with Gasteiger partial charge in [-0.3, -0.25) is 0 Å². The lowest BCUT2D eigenvalue weighted by Crippen LogP contribution is -1.92. The van der Waals surface area contributed by atoms with Crippen LogP contribution in [0.15, 0.2) is 59.0 Å². The molecule has 4 rings (SSSR count). The first kappa shape index (κ1) is 12.2. The molecule has 0 unspecified atom stereocenters. The van der Waals surface area contributed by atoms with Crippen LogP contribution in [0.1, 0.15) is 11.3 Å². The van der Waals surface area contributed by atoms with Crippen LogP contribution in [0.2, 0.25) is 0 Å². The second-order valence-electron chi connectivity index (χ2n) is 5.34. The molecular formula is C19H15NO. The summed E-state index contributed by atoms with van der Waals surface area (Å²) in [5.41, 5.74) is 6.11. The summed E-state index contributed by atoms with van der Waals surface area (Å²) in [6.45, 7) is 4.13. The molecule has 0 spiro atoms. The minimum absolute atomic E-state index is 0.897. The number of hydrogen-bond donors (Lipinski definition) is 0. The summed E-state index contributed by atoms with van der Waals surface area (Å²) >= 11 is 0. The molecule has 0 atom stereocenters. The predicted molar refractivity (Wildman–Crippen MR) is 86.4 cm³/mol. The lowest BCUT2D eigenvalue weighted by atomic mass is 10.0. The van der Waals surface area contributed by atoms with Crippen LogP contribution in [0, 0.1) is 13.8 Å². The van der Waals surface area contributed by atoms with Crippen molar-refractivity contribution in [1.29, 1.82) is 0 Å². The van der Waals surface area contributed by atoms with Gasteiger partial charge >= 0.3 is 0 Å². The van der Waals surface area contributed by atoms with Gasteiger partial charge < -0.3 is 4.42 Å². The Bertz CT molecular complexity index is 952. The predicted octanol–water partition coefficient (Wildman–Crippen LogP) is 5.26. The highest BCUT2D eigenvalue weighted by atomic mass is 16.3. The van der Waals surface area contributed by atoms with Crippen molar-refractivity contribution in [2.75, 3.05) is 0 Å². The SMILES string of the molecule is Cc1nc(-c2ccccc2)c(C)c2c1oc1ccccc12. The molecule has 0 bridgehead atoms. The Kier molecular flexibility index (Phi) is 2.58. The van der Waals surface area contributed by atoms with Crippen LogP contribution in [-0.4, -0.2) is 4.98 Å². The molecule has 21 heavy (non-hydrogen) atoms. The first-order valence-corrected chi connectivity index (χ1v) is 7.09. The first-order valence-electron chi connectivity index (χ1n) is 7.09. The number of benzene rings is 2. The Morgan fingerprint density at radius 3 is 2.38 bits per heavy atom. The van der Waals surface area contributed by atoms with Gasteiger partial charge in [-0.1, -0.05) is 48.5 Å². The number of para-hydroxylation sites is 1. The smallest absolute Gasteiger partial charge is 0.156 e. The number of aromatic nitrogens is 1. The average Bonchev–Trinajstić information content (AvgIpc) is 2.92. The molecule has 0 radical (unpaired) electrons. The monoisotopic (exact) mass is 273 g/mol. The second-order valence-corrected chi connectivity index (χ2v) is 5.34. The minimum atomic E-state index is 0.897. The molecular weight excluding hydrogens is 258 g/mol. The maximum absolute atomic E-state index is 5.99. The summed E-state index contributed by atoms with van der Waals surface area (Å²) < 4.78 is 5.99. The molecule has 0 N–H and O–H groups in total. The van der Waals surface area contributed by atoms with Crippen molar-refractivity contribution in [3.8, 4) is 11.3 Å². The molecule has 2 nitrogen and oxygen atoms in total. The second kappa shape index (κ2) is 4.45. The summed E-state index contributed by atoms with van der Waals surface area (Å²) in [6, 6.07) is 18.5. The van der Waals surface area contributed by atoms with Gasteiger partial charge in [-0.25, -0.2) is 4.98 Å². The van der Waals surface area contributed by atoms with Crippen molar-refractivity contribution < 1.29 is 4.42 Å². The Morgan fingerprint density at radius 1 is 0.857 bits per heavy atom. The Morgan fingerprint density at radius 2 is 1.57 bits per heavy atom. The number of fused-ring (bicyclic) bond motifs is 3. The van der Waals surface area contributed by atoms with E-state index in [-0.39, 0.29) is 0 Å². The fourth-order valence-electron chi connectivity index (χ4n) is 2.97. The van der Waals surface area contributed by atoms with Crippen LogP contribution in [0.3, 0.4) is 0 Å². The van der Waals surface area contributed by atoms with E-state index in [2.05, 4.69) is 31.2 Å². The number of hydrogen-bond acceptors (Lipinski definition) is 2. The molecule has 0 aliphatic rings. The Hall–Kier alpha value is -2.61. The van der Waals surface area contributed by atoms with Gasteiger partial charge in [-0.2, -0.15) is 0 Å². The summed E-state index contributed by atoms with van der Waals surface area (Å²) in [4.78, 5) is 4.77. The van der Waals surface area contributed by atoms with Crippen LogP contribution >= 0.6 is 0 Å². The molecule has 0 amide bonds. The molecule has 0 saturated carbocycles. The van der Waals surface area contributed by atoms with Crippen LogP contribution in [0.5, 0.6) is 0 Å². The molecule has 2 aromatic carbocycles. The van der Waals surface area contributed by atoms with Crippen molar-refractivity contribution in [1.82, 2.24) is 4.98 Å². The van der Waals surface area contributed by atoms with Crippen LogP contribution in [0.4, 0.5) is 0 Å². The van der Waals surface area contributed by atoms with E-state index in [9.17, 15) is 0 Å². The van der Waals surface area contributed by atoms with Crippen molar-refractivity contribution in [3.63, 3.8) is 0 Å². The lowest BCUT2D eigenvalue weighted by Gasteiger charge is -2.08. The summed E-state index contributed by atoms with van der Waals surface area (Å²) in [5.74, 6) is 0. The maximum atomic E-state index is 5.99. The number of rotatable bonds is 1. The molecule has 2 aromatic heterocycles. The number of nitrogens with zero attached hydrogens (tertiary/aromatic N) is 1. The van der Waals surface area contributed by atoms with E-state index in [0.29, 0.717) is 0 Å². The number of furan rings is 1. The Balaban J connectivity index is 2.16. The molecule has 4 aromatic rings. The van der Waals surface area contributed by atoms with E-state index in [1.165, 1.54) is 10.9 Å². The van der Waals surface area contributed by atoms with Gasteiger partial charge in [0, 0.05) is 16.3 Å². The molecule has 0 saturated heterocycles. The van der Waals surface area contributed by atoms with Gasteiger partial charge in [0.2, 0.25) is 0 Å². The summed E-state index contributed by atoms with van der Waals surface area (Å²) in [6.07, 6.45) is 0. The van der Waals surface area contributed by atoms with Crippen molar-refractivity contribution >= 4 is 21.9 Å². The van der Waals surface area contributed by atoms with Gasteiger partial charge in [0.1, 0.15) is 5.58 Å². The fourth-order valence-corrected chi connectivity index (χ4v) is 2.97. The van der Waals surface area contributed by atoms with E-state index in [4.69, 9.17) is 9.40 Å². The van der Waals surface area contributed by atoms with E-state index in [1.54, 1.807) is 0 Å². The van der Waals surface area contributed by atoms with E-state index in [0.717, 1.165) is 33.5 Å². The minimum Gasteiger partial charge on any atom is -0.454 e. The number of pyridine rings is 1. The van der Waals surface area contributed by atoms with Gasteiger partial charge in [0.25, 0.3) is 0 Å². The third-order valence-electron chi connectivity index (χ3n) is 3.98. The molecule has 2 heterocycles. The molecule has 2 heteroatoms. The molecule has 102 valence electrons. The summed E-state index contributed by atoms with van der Waals surface area (Å²) in [7, 11) is 0. The van der Waals surface area contributed by atoms with Crippen molar-refractivity contribution in [3.05, 3.63) is 65.9 Å². The highest BCUT2D eigenvalue weighted by molar-refractivity contribution is 6.08. The highest BCUT2D eigenvalue weighted by Gasteiger charge is 2.16. The third-order valence-corrected chi connectivity index (χ3v) is 3.98. The van der Waals surface area contributed by atoms with E-state index >= 15 is 0 Å². The van der Waals surface area contributed by atoms with Gasteiger partial charge in [-0.15, -0.1) is 0 Å². The third kappa shape index (κ3) is 1.76. The van der Waals surface area contributed by atoms with Gasteiger partial charge in [-0.05, 0) is 25.5 Å². The summed E-state index contributed by atoms with van der Waals surface area (Å²) in [5, 5.41) is 2.34. The zero-order chi connectivity index (χ0) is 14.4. The standard InChI is InChI=1S/C19H15NO/c1-12-17-15-10-6-7-11-16(15)21-19(17)13(2)20-18(12)14-8-4-3-5-9-14/h3-11H,1-2H3. The van der Waals surface area contributed by atoms with Gasteiger partial charge in [0.15, 0.2) is 5.58 Å². The fraction of sp³-hybridized carbons (Fsp3) is 0.105. The van der Waals surface area contributed by atoms with E-state index < -0.39 is 0 Å². The van der Waals surface area contributed by atoms with Crippen LogP contribution in [0.25, 0.3) is 33.2 Å². The topological polar surface area (TPSA) is 26.0 Å². The zero-order valence-corrected chi connectivity index (χ0v) is 12.1. The average molecular weight is 273 g/mol.